The molecule has 5 nitrogen and oxygen atoms in total. The van der Waals surface area contributed by atoms with E-state index in [2.05, 4.69) is 48.6 Å². The van der Waals surface area contributed by atoms with E-state index in [1.54, 1.807) is 7.05 Å². The second-order valence-electron chi connectivity index (χ2n) is 7.21. The first-order valence-corrected chi connectivity index (χ1v) is 8.07. The van der Waals surface area contributed by atoms with Gasteiger partial charge < -0.3 is 16.0 Å². The monoisotopic (exact) mass is 296 g/mol. The van der Waals surface area contributed by atoms with E-state index >= 15 is 0 Å². The molecule has 3 N–H and O–H groups in total. The lowest BCUT2D eigenvalue weighted by atomic mass is 9.89. The summed E-state index contributed by atoms with van der Waals surface area (Å²) in [5.41, 5.74) is 0.361. The van der Waals surface area contributed by atoms with Crippen LogP contribution in [0.3, 0.4) is 0 Å². The molecule has 1 aliphatic rings. The van der Waals surface area contributed by atoms with Gasteiger partial charge in [0, 0.05) is 32.1 Å². The average Bonchev–Trinajstić information content (AvgIpc) is 3.23. The maximum Gasteiger partial charge on any atom is 0.223 e. The third-order valence-corrected chi connectivity index (χ3v) is 3.60. The predicted octanol–water partition coefficient (Wildman–Crippen LogP) is 1.89. The molecule has 0 aliphatic heterocycles. The molecule has 21 heavy (non-hydrogen) atoms. The standard InChI is InChI=1S/C16H32N4O/c1-12(8-9-16(2,3)4)20-15(17-5)19-11-10-18-14(21)13-6-7-13/h12-13H,6-11H2,1-5H3,(H,18,21)(H2,17,19,20). The van der Waals surface area contributed by atoms with Crippen molar-refractivity contribution in [2.24, 2.45) is 16.3 Å². The highest BCUT2D eigenvalue weighted by Gasteiger charge is 2.28. The second-order valence-corrected chi connectivity index (χ2v) is 7.21. The van der Waals surface area contributed by atoms with Crippen LogP contribution in [-0.2, 0) is 4.79 Å². The van der Waals surface area contributed by atoms with Crippen molar-refractivity contribution in [1.82, 2.24) is 16.0 Å². The molecule has 1 unspecified atom stereocenters. The maximum absolute atomic E-state index is 11.5. The van der Waals surface area contributed by atoms with Gasteiger partial charge in [0.1, 0.15) is 0 Å². The third-order valence-electron chi connectivity index (χ3n) is 3.60. The highest BCUT2D eigenvalue weighted by molar-refractivity contribution is 5.81. The Labute approximate surface area is 129 Å². The second kappa shape index (κ2) is 8.25. The lowest BCUT2D eigenvalue weighted by Crippen LogP contribution is -2.45. The average molecular weight is 296 g/mol. The fourth-order valence-electron chi connectivity index (χ4n) is 2.01. The molecule has 122 valence electrons. The Morgan fingerprint density at radius 3 is 2.38 bits per heavy atom. The van der Waals surface area contributed by atoms with Crippen molar-refractivity contribution in [2.45, 2.75) is 59.4 Å². The summed E-state index contributed by atoms with van der Waals surface area (Å²) in [5.74, 6) is 1.27. The number of amides is 1. The highest BCUT2D eigenvalue weighted by atomic mass is 16.2. The summed E-state index contributed by atoms with van der Waals surface area (Å²) in [5, 5.41) is 9.56. The van der Waals surface area contributed by atoms with Gasteiger partial charge in [-0.3, -0.25) is 9.79 Å². The molecule has 0 saturated heterocycles. The third kappa shape index (κ3) is 8.58. The molecular weight excluding hydrogens is 264 g/mol. The van der Waals surface area contributed by atoms with Gasteiger partial charge in [-0.25, -0.2) is 0 Å². The summed E-state index contributed by atoms with van der Waals surface area (Å²) < 4.78 is 0. The largest absolute Gasteiger partial charge is 0.355 e. The van der Waals surface area contributed by atoms with Crippen LogP contribution in [0.15, 0.2) is 4.99 Å². The molecule has 0 bridgehead atoms. The Bertz CT molecular complexity index is 356. The molecule has 1 amide bonds. The van der Waals surface area contributed by atoms with Crippen molar-refractivity contribution in [3.63, 3.8) is 0 Å². The summed E-state index contributed by atoms with van der Waals surface area (Å²) in [6, 6.07) is 0.386. The number of nitrogens with zero attached hydrogens (tertiary/aromatic N) is 1. The minimum absolute atomic E-state index is 0.193. The van der Waals surface area contributed by atoms with Gasteiger partial charge in [0.15, 0.2) is 5.96 Å². The lowest BCUT2D eigenvalue weighted by Gasteiger charge is -2.23. The number of hydrogen-bond acceptors (Lipinski definition) is 2. The van der Waals surface area contributed by atoms with Crippen LogP contribution in [0.5, 0.6) is 0 Å². The van der Waals surface area contributed by atoms with Crippen molar-refractivity contribution >= 4 is 11.9 Å². The first-order chi connectivity index (χ1) is 9.81. The molecule has 1 atom stereocenters. The van der Waals surface area contributed by atoms with Crippen LogP contribution in [0.25, 0.3) is 0 Å². The smallest absolute Gasteiger partial charge is 0.223 e. The summed E-state index contributed by atoms with van der Waals surface area (Å²) in [6.07, 6.45) is 4.39. The zero-order valence-electron chi connectivity index (χ0n) is 14.3. The first-order valence-electron chi connectivity index (χ1n) is 8.07. The minimum Gasteiger partial charge on any atom is -0.355 e. The Morgan fingerprint density at radius 2 is 1.86 bits per heavy atom. The zero-order chi connectivity index (χ0) is 15.9. The van der Waals surface area contributed by atoms with Gasteiger partial charge in [0.05, 0.1) is 0 Å². The Morgan fingerprint density at radius 1 is 1.24 bits per heavy atom. The molecule has 1 rings (SSSR count). The van der Waals surface area contributed by atoms with Crippen LogP contribution in [-0.4, -0.2) is 38.0 Å². The van der Waals surface area contributed by atoms with Gasteiger partial charge in [-0.2, -0.15) is 0 Å². The Kier molecular flexibility index (Phi) is 6.99. The zero-order valence-corrected chi connectivity index (χ0v) is 14.3. The van der Waals surface area contributed by atoms with Crippen LogP contribution < -0.4 is 16.0 Å². The number of carbonyl (C=O) groups excluding carboxylic acids is 1. The van der Waals surface area contributed by atoms with E-state index in [-0.39, 0.29) is 11.8 Å². The maximum atomic E-state index is 11.5. The van der Waals surface area contributed by atoms with Crippen LogP contribution in [0.4, 0.5) is 0 Å². The summed E-state index contributed by atoms with van der Waals surface area (Å²) in [7, 11) is 1.77. The van der Waals surface area contributed by atoms with Gasteiger partial charge in [-0.15, -0.1) is 0 Å². The van der Waals surface area contributed by atoms with E-state index in [4.69, 9.17) is 0 Å². The van der Waals surface area contributed by atoms with Crippen molar-refractivity contribution in [2.75, 3.05) is 20.1 Å². The van der Waals surface area contributed by atoms with E-state index in [9.17, 15) is 4.79 Å². The SMILES string of the molecule is CN=C(NCCNC(=O)C1CC1)NC(C)CCC(C)(C)C. The van der Waals surface area contributed by atoms with Gasteiger partial charge in [-0.05, 0) is 38.0 Å². The summed E-state index contributed by atoms with van der Waals surface area (Å²) >= 11 is 0. The van der Waals surface area contributed by atoms with Gasteiger partial charge in [0.2, 0.25) is 5.91 Å². The number of guanidine groups is 1. The number of carbonyl (C=O) groups is 1. The van der Waals surface area contributed by atoms with E-state index in [1.165, 1.54) is 6.42 Å². The van der Waals surface area contributed by atoms with E-state index in [0.717, 1.165) is 25.2 Å². The van der Waals surface area contributed by atoms with Crippen molar-refractivity contribution < 1.29 is 4.79 Å². The number of nitrogens with one attached hydrogen (secondary N) is 3. The molecule has 1 saturated carbocycles. The lowest BCUT2D eigenvalue weighted by molar-refractivity contribution is -0.122. The van der Waals surface area contributed by atoms with Crippen LogP contribution >= 0.6 is 0 Å². The van der Waals surface area contributed by atoms with Crippen LogP contribution in [0.2, 0.25) is 0 Å². The van der Waals surface area contributed by atoms with Crippen LogP contribution in [0, 0.1) is 11.3 Å². The summed E-state index contributed by atoms with van der Waals surface area (Å²) in [4.78, 5) is 15.7. The number of rotatable bonds is 7. The fraction of sp³-hybridized carbons (Fsp3) is 0.875. The molecule has 0 aromatic heterocycles. The van der Waals surface area contributed by atoms with Gasteiger partial charge >= 0.3 is 0 Å². The van der Waals surface area contributed by atoms with Crippen molar-refractivity contribution in [3.05, 3.63) is 0 Å². The van der Waals surface area contributed by atoms with Crippen molar-refractivity contribution in [1.29, 1.82) is 0 Å². The molecule has 1 fully saturated rings. The molecule has 1 aliphatic carbocycles. The Hall–Kier alpha value is -1.26. The normalized spacial score (nSPS) is 17.3. The molecule has 0 heterocycles. The molecule has 0 spiro atoms. The van der Waals surface area contributed by atoms with Crippen molar-refractivity contribution in [3.8, 4) is 0 Å². The minimum atomic E-state index is 0.193. The fourth-order valence-corrected chi connectivity index (χ4v) is 2.01. The van der Waals surface area contributed by atoms with E-state index < -0.39 is 0 Å². The molecule has 0 aromatic rings. The number of hydrogen-bond donors (Lipinski definition) is 3. The van der Waals surface area contributed by atoms with E-state index in [0.29, 0.717) is 24.5 Å². The first kappa shape index (κ1) is 17.8. The molecular formula is C16H32N4O. The summed E-state index contributed by atoms with van der Waals surface area (Å²) in [6.45, 7) is 10.3. The predicted molar refractivity (Wildman–Crippen MR) is 88.4 cm³/mol. The Balaban J connectivity index is 2.14. The number of aliphatic imine (C=N–C) groups is 1. The van der Waals surface area contributed by atoms with Gasteiger partial charge in [-0.1, -0.05) is 20.8 Å². The highest BCUT2D eigenvalue weighted by Crippen LogP contribution is 2.28. The molecule has 5 heteroatoms. The van der Waals surface area contributed by atoms with Gasteiger partial charge in [0.25, 0.3) is 0 Å². The quantitative estimate of drug-likeness (QED) is 0.382. The topological polar surface area (TPSA) is 65.5 Å². The molecule has 0 radical (unpaired) electrons. The van der Waals surface area contributed by atoms with Crippen LogP contribution in [0.1, 0.15) is 53.4 Å². The molecule has 0 aromatic carbocycles. The van der Waals surface area contributed by atoms with E-state index in [1.807, 2.05) is 0 Å².